The summed E-state index contributed by atoms with van der Waals surface area (Å²) in [5.74, 6) is 1.34. The van der Waals surface area contributed by atoms with Gasteiger partial charge in [-0.15, -0.1) is 0 Å². The number of methoxy groups -OCH3 is 2. The highest BCUT2D eigenvalue weighted by molar-refractivity contribution is 6.31. The topological polar surface area (TPSA) is 85.4 Å². The number of amides is 1. The third kappa shape index (κ3) is 4.65. The average Bonchev–Trinajstić information content (AvgIpc) is 2.69. The van der Waals surface area contributed by atoms with E-state index in [0.29, 0.717) is 33.7 Å². The minimum atomic E-state index is -0.373. The summed E-state index contributed by atoms with van der Waals surface area (Å²) in [7, 11) is 3.12. The number of halogens is 1. The summed E-state index contributed by atoms with van der Waals surface area (Å²) < 4.78 is 10.4. The van der Waals surface area contributed by atoms with Gasteiger partial charge in [-0.2, -0.15) is 0 Å². The van der Waals surface area contributed by atoms with Crippen molar-refractivity contribution in [1.82, 2.24) is 9.97 Å². The molecule has 0 saturated carbocycles. The lowest BCUT2D eigenvalue weighted by Gasteiger charge is -2.11. The van der Waals surface area contributed by atoms with E-state index in [1.54, 1.807) is 56.7 Å². The quantitative estimate of drug-likeness (QED) is 0.664. The number of anilines is 3. The molecule has 138 valence electrons. The first-order chi connectivity index (χ1) is 13.1. The Bertz CT molecular complexity index is 948. The van der Waals surface area contributed by atoms with E-state index in [9.17, 15) is 4.79 Å². The van der Waals surface area contributed by atoms with Crippen molar-refractivity contribution in [2.24, 2.45) is 0 Å². The highest BCUT2D eigenvalue weighted by atomic mass is 35.5. The number of hydrogen-bond acceptors (Lipinski definition) is 6. The third-order valence-electron chi connectivity index (χ3n) is 3.64. The van der Waals surface area contributed by atoms with E-state index < -0.39 is 0 Å². The Kier molecular flexibility index (Phi) is 5.73. The van der Waals surface area contributed by atoms with Crippen LogP contribution >= 0.6 is 11.6 Å². The molecule has 0 aliphatic heterocycles. The van der Waals surface area contributed by atoms with E-state index >= 15 is 0 Å². The van der Waals surface area contributed by atoms with Crippen LogP contribution in [0.5, 0.6) is 11.5 Å². The van der Waals surface area contributed by atoms with Gasteiger partial charge in [0.05, 0.1) is 32.3 Å². The number of rotatable bonds is 6. The summed E-state index contributed by atoms with van der Waals surface area (Å²) in [4.78, 5) is 20.7. The smallest absolute Gasteiger partial charge is 0.275 e. The van der Waals surface area contributed by atoms with Crippen molar-refractivity contribution in [2.45, 2.75) is 0 Å². The van der Waals surface area contributed by atoms with E-state index in [-0.39, 0.29) is 11.6 Å². The molecule has 0 atom stereocenters. The van der Waals surface area contributed by atoms with Crippen molar-refractivity contribution in [3.63, 3.8) is 0 Å². The molecule has 0 fully saturated rings. The van der Waals surface area contributed by atoms with Gasteiger partial charge in [0.1, 0.15) is 23.0 Å². The van der Waals surface area contributed by atoms with Crippen LogP contribution in [0.25, 0.3) is 0 Å². The molecule has 2 aromatic carbocycles. The maximum atomic E-state index is 12.3. The lowest BCUT2D eigenvalue weighted by atomic mass is 10.3. The first-order valence-corrected chi connectivity index (χ1v) is 8.35. The van der Waals surface area contributed by atoms with Crippen LogP contribution in [0, 0.1) is 0 Å². The molecule has 1 amide bonds. The lowest BCUT2D eigenvalue weighted by Crippen LogP contribution is -2.14. The number of nitrogens with zero attached hydrogens (tertiary/aromatic N) is 2. The number of ether oxygens (including phenoxy) is 2. The standard InChI is InChI=1S/C19H17ClN4O3/c1-26-14-5-3-4-13(9-14)23-19(25)16-10-22-18(11-21-16)24-15-8-12(20)6-7-17(15)27-2/h3-11H,1-2H3,(H,22,24)(H,23,25). The summed E-state index contributed by atoms with van der Waals surface area (Å²) in [5, 5.41) is 6.37. The van der Waals surface area contributed by atoms with Crippen molar-refractivity contribution >= 4 is 34.7 Å². The highest BCUT2D eigenvalue weighted by Crippen LogP contribution is 2.29. The molecule has 2 N–H and O–H groups in total. The Labute approximate surface area is 161 Å². The predicted molar refractivity (Wildman–Crippen MR) is 104 cm³/mol. The molecule has 0 aliphatic rings. The first-order valence-electron chi connectivity index (χ1n) is 7.97. The minimum absolute atomic E-state index is 0.182. The second-order valence-corrected chi connectivity index (χ2v) is 5.88. The van der Waals surface area contributed by atoms with Gasteiger partial charge >= 0.3 is 0 Å². The molecule has 0 aliphatic carbocycles. The fourth-order valence-electron chi connectivity index (χ4n) is 2.32. The molecule has 1 heterocycles. The van der Waals surface area contributed by atoms with Crippen molar-refractivity contribution in [1.29, 1.82) is 0 Å². The third-order valence-corrected chi connectivity index (χ3v) is 3.87. The van der Waals surface area contributed by atoms with Gasteiger partial charge in [0.2, 0.25) is 0 Å². The van der Waals surface area contributed by atoms with Gasteiger partial charge in [-0.05, 0) is 30.3 Å². The van der Waals surface area contributed by atoms with Crippen LogP contribution in [0.4, 0.5) is 17.2 Å². The summed E-state index contributed by atoms with van der Waals surface area (Å²) in [6.07, 6.45) is 2.84. The molecule has 8 heteroatoms. The van der Waals surface area contributed by atoms with Crippen LogP contribution in [0.15, 0.2) is 54.9 Å². The maximum Gasteiger partial charge on any atom is 0.275 e. The number of aromatic nitrogens is 2. The molecule has 7 nitrogen and oxygen atoms in total. The van der Waals surface area contributed by atoms with Crippen molar-refractivity contribution < 1.29 is 14.3 Å². The number of nitrogens with one attached hydrogen (secondary N) is 2. The van der Waals surface area contributed by atoms with Gasteiger partial charge < -0.3 is 20.1 Å². The van der Waals surface area contributed by atoms with E-state index in [1.165, 1.54) is 12.4 Å². The fourth-order valence-corrected chi connectivity index (χ4v) is 2.49. The van der Waals surface area contributed by atoms with Crippen LogP contribution in [-0.2, 0) is 0 Å². The van der Waals surface area contributed by atoms with Crippen LogP contribution in [0.2, 0.25) is 5.02 Å². The maximum absolute atomic E-state index is 12.3. The molecule has 3 aromatic rings. The van der Waals surface area contributed by atoms with Gasteiger partial charge in [0, 0.05) is 16.8 Å². The zero-order valence-corrected chi connectivity index (χ0v) is 15.4. The number of carbonyl (C=O) groups excluding carboxylic acids is 1. The Hall–Kier alpha value is -3.32. The summed E-state index contributed by atoms with van der Waals surface area (Å²) in [6, 6.07) is 12.2. The molecule has 0 unspecified atom stereocenters. The zero-order valence-electron chi connectivity index (χ0n) is 14.7. The molecule has 0 spiro atoms. The average molecular weight is 385 g/mol. The van der Waals surface area contributed by atoms with Crippen molar-refractivity contribution in [2.75, 3.05) is 24.9 Å². The van der Waals surface area contributed by atoms with E-state index in [1.807, 2.05) is 0 Å². The van der Waals surface area contributed by atoms with Gasteiger partial charge in [-0.3, -0.25) is 4.79 Å². The van der Waals surface area contributed by atoms with E-state index in [2.05, 4.69) is 20.6 Å². The van der Waals surface area contributed by atoms with Gasteiger partial charge in [-0.1, -0.05) is 17.7 Å². The number of hydrogen-bond donors (Lipinski definition) is 2. The fraction of sp³-hybridized carbons (Fsp3) is 0.105. The SMILES string of the molecule is COc1cccc(NC(=O)c2cnc(Nc3cc(Cl)ccc3OC)cn2)c1. The molecule has 0 radical (unpaired) electrons. The Morgan fingerprint density at radius 3 is 2.59 bits per heavy atom. The Morgan fingerprint density at radius 1 is 1.04 bits per heavy atom. The number of carbonyl (C=O) groups is 1. The van der Waals surface area contributed by atoms with E-state index in [0.717, 1.165) is 0 Å². The Balaban J connectivity index is 1.71. The molecular formula is C19H17ClN4O3. The summed E-state index contributed by atoms with van der Waals surface area (Å²) in [5.41, 5.74) is 1.43. The van der Waals surface area contributed by atoms with Crippen LogP contribution in [-0.4, -0.2) is 30.1 Å². The Morgan fingerprint density at radius 2 is 1.89 bits per heavy atom. The van der Waals surface area contributed by atoms with Gasteiger partial charge in [0.25, 0.3) is 5.91 Å². The zero-order chi connectivity index (χ0) is 19.2. The summed E-state index contributed by atoms with van der Waals surface area (Å²) in [6.45, 7) is 0. The molecule has 1 aromatic heterocycles. The monoisotopic (exact) mass is 384 g/mol. The van der Waals surface area contributed by atoms with Crippen molar-refractivity contribution in [3.8, 4) is 11.5 Å². The second kappa shape index (κ2) is 8.37. The molecule has 3 rings (SSSR count). The largest absolute Gasteiger partial charge is 0.497 e. The molecule has 0 bridgehead atoms. The summed E-state index contributed by atoms with van der Waals surface area (Å²) >= 11 is 6.01. The molecular weight excluding hydrogens is 368 g/mol. The van der Waals surface area contributed by atoms with Gasteiger partial charge in [-0.25, -0.2) is 9.97 Å². The minimum Gasteiger partial charge on any atom is -0.497 e. The van der Waals surface area contributed by atoms with Crippen LogP contribution in [0.3, 0.4) is 0 Å². The predicted octanol–water partition coefficient (Wildman–Crippen LogP) is 4.14. The lowest BCUT2D eigenvalue weighted by molar-refractivity contribution is 0.102. The number of benzene rings is 2. The van der Waals surface area contributed by atoms with Crippen LogP contribution in [0.1, 0.15) is 10.5 Å². The highest BCUT2D eigenvalue weighted by Gasteiger charge is 2.10. The second-order valence-electron chi connectivity index (χ2n) is 5.44. The van der Waals surface area contributed by atoms with Gasteiger partial charge in [0.15, 0.2) is 0 Å². The van der Waals surface area contributed by atoms with Crippen LogP contribution < -0.4 is 20.1 Å². The molecule has 27 heavy (non-hydrogen) atoms. The first kappa shape index (κ1) is 18.5. The molecule has 0 saturated heterocycles. The van der Waals surface area contributed by atoms with Crippen molar-refractivity contribution in [3.05, 3.63) is 65.6 Å². The van der Waals surface area contributed by atoms with E-state index in [4.69, 9.17) is 21.1 Å². The normalized spacial score (nSPS) is 10.2.